The van der Waals surface area contributed by atoms with Gasteiger partial charge in [-0.25, -0.2) is 0 Å². The zero-order valence-electron chi connectivity index (χ0n) is 9.02. The summed E-state index contributed by atoms with van der Waals surface area (Å²) in [6.07, 6.45) is 5.80. The molecule has 1 rings (SSSR count). The summed E-state index contributed by atoms with van der Waals surface area (Å²) in [5.74, 6) is 0.861. The molecule has 13 heavy (non-hydrogen) atoms. The van der Waals surface area contributed by atoms with Crippen LogP contribution in [-0.4, -0.2) is 11.4 Å². The average molecular weight is 183 g/mol. The second kappa shape index (κ2) is 4.12. The monoisotopic (exact) mass is 183 g/mol. The molecule has 0 heterocycles. The molecule has 1 aliphatic rings. The number of nitrogens with one attached hydrogen (secondary N) is 1. The van der Waals surface area contributed by atoms with E-state index < -0.39 is 0 Å². The molecule has 0 bridgehead atoms. The Hall–Kier alpha value is -0.530. The van der Waals surface area contributed by atoms with Crippen LogP contribution in [0.25, 0.3) is 0 Å². The SMILES string of the molecule is CCC(=O)NC(C)(C)C1CCCC1. The first-order valence-electron chi connectivity index (χ1n) is 5.37. The lowest BCUT2D eigenvalue weighted by atomic mass is 9.86. The minimum absolute atomic E-state index is 0.00356. The molecule has 2 nitrogen and oxygen atoms in total. The van der Waals surface area contributed by atoms with E-state index in [0.29, 0.717) is 12.3 Å². The Balaban J connectivity index is 2.48. The highest BCUT2D eigenvalue weighted by molar-refractivity contribution is 5.76. The summed E-state index contributed by atoms with van der Waals surface area (Å²) in [5, 5.41) is 3.11. The molecule has 0 aliphatic heterocycles. The Labute approximate surface area is 81.1 Å². The van der Waals surface area contributed by atoms with E-state index in [1.807, 2.05) is 6.92 Å². The first kappa shape index (κ1) is 10.6. The van der Waals surface area contributed by atoms with E-state index >= 15 is 0 Å². The van der Waals surface area contributed by atoms with Gasteiger partial charge in [0.2, 0.25) is 5.91 Å². The predicted molar refractivity (Wildman–Crippen MR) is 54.5 cm³/mol. The molecule has 0 spiro atoms. The fourth-order valence-electron chi connectivity index (χ4n) is 2.20. The third-order valence-corrected chi connectivity index (χ3v) is 3.16. The summed E-state index contributed by atoms with van der Waals surface area (Å²) in [4.78, 5) is 11.3. The molecular formula is C11H21NO. The topological polar surface area (TPSA) is 29.1 Å². The summed E-state index contributed by atoms with van der Waals surface area (Å²) < 4.78 is 0. The Morgan fingerprint density at radius 3 is 2.38 bits per heavy atom. The lowest BCUT2D eigenvalue weighted by Crippen LogP contribution is -2.48. The molecule has 2 heteroatoms. The fraction of sp³-hybridized carbons (Fsp3) is 0.909. The zero-order chi connectivity index (χ0) is 9.90. The van der Waals surface area contributed by atoms with Crippen molar-refractivity contribution < 1.29 is 4.79 Å². The predicted octanol–water partition coefficient (Wildman–Crippen LogP) is 2.48. The van der Waals surface area contributed by atoms with Crippen LogP contribution in [0.15, 0.2) is 0 Å². The number of hydrogen-bond acceptors (Lipinski definition) is 1. The molecule has 0 aromatic heterocycles. The van der Waals surface area contributed by atoms with Gasteiger partial charge in [-0.3, -0.25) is 4.79 Å². The van der Waals surface area contributed by atoms with Crippen LogP contribution in [0.2, 0.25) is 0 Å². The molecule has 0 atom stereocenters. The molecule has 1 aliphatic carbocycles. The van der Waals surface area contributed by atoms with E-state index in [9.17, 15) is 4.79 Å². The van der Waals surface area contributed by atoms with E-state index in [1.165, 1.54) is 25.7 Å². The molecular weight excluding hydrogens is 162 g/mol. The third kappa shape index (κ3) is 2.71. The van der Waals surface area contributed by atoms with E-state index in [2.05, 4.69) is 19.2 Å². The maximum absolute atomic E-state index is 11.3. The van der Waals surface area contributed by atoms with Gasteiger partial charge in [-0.15, -0.1) is 0 Å². The smallest absolute Gasteiger partial charge is 0.220 e. The number of hydrogen-bond donors (Lipinski definition) is 1. The lowest BCUT2D eigenvalue weighted by Gasteiger charge is -2.32. The molecule has 1 saturated carbocycles. The van der Waals surface area contributed by atoms with Crippen LogP contribution in [0.4, 0.5) is 0 Å². The highest BCUT2D eigenvalue weighted by Gasteiger charge is 2.32. The summed E-state index contributed by atoms with van der Waals surface area (Å²) in [5.41, 5.74) is 0.00356. The Kier molecular flexibility index (Phi) is 3.34. The molecule has 76 valence electrons. The van der Waals surface area contributed by atoms with Gasteiger partial charge in [-0.05, 0) is 32.6 Å². The standard InChI is InChI=1S/C11H21NO/c1-4-10(13)12-11(2,3)9-7-5-6-8-9/h9H,4-8H2,1-3H3,(H,12,13). The minimum atomic E-state index is 0.00356. The molecule has 0 aromatic carbocycles. The second-order valence-corrected chi connectivity index (χ2v) is 4.60. The molecule has 0 aromatic rings. The minimum Gasteiger partial charge on any atom is -0.351 e. The van der Waals surface area contributed by atoms with E-state index in [1.54, 1.807) is 0 Å². The Bertz CT molecular complexity index is 181. The highest BCUT2D eigenvalue weighted by Crippen LogP contribution is 2.33. The van der Waals surface area contributed by atoms with Crippen LogP contribution in [0.3, 0.4) is 0 Å². The van der Waals surface area contributed by atoms with Crippen molar-refractivity contribution in [3.63, 3.8) is 0 Å². The van der Waals surface area contributed by atoms with Gasteiger partial charge in [0.1, 0.15) is 0 Å². The summed E-state index contributed by atoms with van der Waals surface area (Å²) in [7, 11) is 0. The van der Waals surface area contributed by atoms with Crippen molar-refractivity contribution in [2.24, 2.45) is 5.92 Å². The van der Waals surface area contributed by atoms with Gasteiger partial charge >= 0.3 is 0 Å². The van der Waals surface area contributed by atoms with Crippen molar-refractivity contribution in [3.8, 4) is 0 Å². The van der Waals surface area contributed by atoms with Gasteiger partial charge in [-0.2, -0.15) is 0 Å². The van der Waals surface area contributed by atoms with Crippen molar-refractivity contribution in [2.75, 3.05) is 0 Å². The van der Waals surface area contributed by atoms with Crippen molar-refractivity contribution in [1.82, 2.24) is 5.32 Å². The van der Waals surface area contributed by atoms with E-state index in [-0.39, 0.29) is 11.4 Å². The number of rotatable bonds is 3. The van der Waals surface area contributed by atoms with Crippen LogP contribution in [0.1, 0.15) is 52.9 Å². The quantitative estimate of drug-likeness (QED) is 0.715. The molecule has 0 unspecified atom stereocenters. The van der Waals surface area contributed by atoms with E-state index in [4.69, 9.17) is 0 Å². The maximum atomic E-state index is 11.3. The Morgan fingerprint density at radius 1 is 1.38 bits per heavy atom. The van der Waals surface area contributed by atoms with Crippen molar-refractivity contribution >= 4 is 5.91 Å². The summed E-state index contributed by atoms with van der Waals surface area (Å²) in [6.45, 7) is 6.20. The van der Waals surface area contributed by atoms with Crippen molar-refractivity contribution in [3.05, 3.63) is 0 Å². The fourth-order valence-corrected chi connectivity index (χ4v) is 2.20. The lowest BCUT2D eigenvalue weighted by molar-refractivity contribution is -0.122. The number of carbonyl (C=O) groups is 1. The largest absolute Gasteiger partial charge is 0.351 e. The molecule has 1 N–H and O–H groups in total. The molecule has 1 amide bonds. The molecule has 1 fully saturated rings. The highest BCUT2D eigenvalue weighted by atomic mass is 16.1. The molecule has 0 saturated heterocycles. The van der Waals surface area contributed by atoms with Gasteiger partial charge in [0.15, 0.2) is 0 Å². The van der Waals surface area contributed by atoms with Crippen LogP contribution < -0.4 is 5.32 Å². The average Bonchev–Trinajstić information content (AvgIpc) is 2.55. The Morgan fingerprint density at radius 2 is 1.92 bits per heavy atom. The number of carbonyl (C=O) groups excluding carboxylic acids is 1. The normalized spacial score (nSPS) is 19.0. The van der Waals surface area contributed by atoms with Crippen LogP contribution in [0, 0.1) is 5.92 Å². The van der Waals surface area contributed by atoms with Crippen LogP contribution in [-0.2, 0) is 4.79 Å². The van der Waals surface area contributed by atoms with Crippen LogP contribution >= 0.6 is 0 Å². The summed E-state index contributed by atoms with van der Waals surface area (Å²) in [6, 6.07) is 0. The second-order valence-electron chi connectivity index (χ2n) is 4.60. The van der Waals surface area contributed by atoms with Gasteiger partial charge in [0.05, 0.1) is 0 Å². The van der Waals surface area contributed by atoms with E-state index in [0.717, 1.165) is 0 Å². The third-order valence-electron chi connectivity index (χ3n) is 3.16. The number of amides is 1. The van der Waals surface area contributed by atoms with Crippen molar-refractivity contribution in [1.29, 1.82) is 0 Å². The molecule has 0 radical (unpaired) electrons. The van der Waals surface area contributed by atoms with Gasteiger partial charge in [0.25, 0.3) is 0 Å². The van der Waals surface area contributed by atoms with Gasteiger partial charge < -0.3 is 5.32 Å². The van der Waals surface area contributed by atoms with Crippen molar-refractivity contribution in [2.45, 2.75) is 58.4 Å². The summed E-state index contributed by atoms with van der Waals surface area (Å²) >= 11 is 0. The maximum Gasteiger partial charge on any atom is 0.220 e. The first-order chi connectivity index (χ1) is 6.06. The van der Waals surface area contributed by atoms with Gasteiger partial charge in [0, 0.05) is 12.0 Å². The zero-order valence-corrected chi connectivity index (χ0v) is 9.02. The van der Waals surface area contributed by atoms with Crippen LogP contribution in [0.5, 0.6) is 0 Å². The first-order valence-corrected chi connectivity index (χ1v) is 5.37. The van der Waals surface area contributed by atoms with Gasteiger partial charge in [-0.1, -0.05) is 19.8 Å².